The van der Waals surface area contributed by atoms with Gasteiger partial charge in [0, 0.05) is 11.3 Å². The molecule has 0 N–H and O–H groups in total. The average Bonchev–Trinajstić information content (AvgIpc) is 3.18. The van der Waals surface area contributed by atoms with Crippen LogP contribution in [0.3, 0.4) is 0 Å². The lowest BCUT2D eigenvalue weighted by molar-refractivity contribution is 1.06. The first-order chi connectivity index (χ1) is 23.7. The van der Waals surface area contributed by atoms with E-state index >= 15 is 0 Å². The average molecular weight is 617 g/mol. The predicted octanol–water partition coefficient (Wildman–Crippen LogP) is 11.8. The molecule has 0 heterocycles. The summed E-state index contributed by atoms with van der Waals surface area (Å²) in [5.74, 6) is 0.723. The van der Waals surface area contributed by atoms with Crippen LogP contribution < -0.4 is 0 Å². The Morgan fingerprint density at radius 3 is 1.35 bits per heavy atom. The molecule has 0 saturated heterocycles. The SMILES string of the molecule is CC(=NC(=NCc1ccccc1)c1cccc(-c2cccc(-c3cc(-c4ccccc4)cc(-c4ccccc4)c3)c2)c1)c1ccccc1. The molecule has 0 saturated carbocycles. The molecule has 2 heteroatoms. The number of benzene rings is 7. The van der Waals surface area contributed by atoms with Gasteiger partial charge >= 0.3 is 0 Å². The van der Waals surface area contributed by atoms with Crippen LogP contribution in [0.1, 0.15) is 23.6 Å². The summed E-state index contributed by atoms with van der Waals surface area (Å²) in [6, 6.07) is 66.1. The molecule has 0 bridgehead atoms. The quantitative estimate of drug-likeness (QED) is 0.120. The number of rotatable bonds is 8. The minimum atomic E-state index is 0.558. The molecule has 0 fully saturated rings. The van der Waals surface area contributed by atoms with Gasteiger partial charge < -0.3 is 0 Å². The van der Waals surface area contributed by atoms with E-state index in [1.807, 2.05) is 31.2 Å². The van der Waals surface area contributed by atoms with E-state index < -0.39 is 0 Å². The van der Waals surface area contributed by atoms with Crippen LogP contribution in [-0.2, 0) is 6.54 Å². The molecule has 0 unspecified atom stereocenters. The monoisotopic (exact) mass is 616 g/mol. The molecule has 0 aliphatic carbocycles. The van der Waals surface area contributed by atoms with Crippen molar-refractivity contribution in [2.24, 2.45) is 9.98 Å². The number of hydrogen-bond donors (Lipinski definition) is 0. The highest BCUT2D eigenvalue weighted by Crippen LogP contribution is 2.34. The van der Waals surface area contributed by atoms with E-state index in [0.717, 1.165) is 39.4 Å². The second-order valence-electron chi connectivity index (χ2n) is 11.9. The fraction of sp³-hybridized carbons (Fsp3) is 0.0435. The summed E-state index contributed by atoms with van der Waals surface area (Å²) in [6.07, 6.45) is 0. The Bertz CT molecular complexity index is 2130. The van der Waals surface area contributed by atoms with Gasteiger partial charge in [-0.1, -0.05) is 158 Å². The highest BCUT2D eigenvalue weighted by Gasteiger charge is 2.11. The van der Waals surface area contributed by atoms with E-state index in [2.05, 4.69) is 164 Å². The topological polar surface area (TPSA) is 24.7 Å². The highest BCUT2D eigenvalue weighted by molar-refractivity contribution is 6.11. The van der Waals surface area contributed by atoms with Crippen molar-refractivity contribution in [3.63, 3.8) is 0 Å². The van der Waals surface area contributed by atoms with Crippen LogP contribution in [0.15, 0.2) is 198 Å². The number of amidine groups is 1. The van der Waals surface area contributed by atoms with E-state index in [0.29, 0.717) is 6.54 Å². The maximum absolute atomic E-state index is 5.08. The largest absolute Gasteiger partial charge is 0.261 e. The van der Waals surface area contributed by atoms with Gasteiger partial charge in [-0.15, -0.1) is 0 Å². The zero-order chi connectivity index (χ0) is 32.5. The number of hydrogen-bond acceptors (Lipinski definition) is 1. The Labute approximate surface area is 283 Å². The van der Waals surface area contributed by atoms with Gasteiger partial charge in [-0.2, -0.15) is 0 Å². The van der Waals surface area contributed by atoms with E-state index in [-0.39, 0.29) is 0 Å². The van der Waals surface area contributed by atoms with Gasteiger partial charge in [0.2, 0.25) is 0 Å². The minimum absolute atomic E-state index is 0.558. The molecular formula is C46H36N2. The fourth-order valence-electron chi connectivity index (χ4n) is 5.95. The van der Waals surface area contributed by atoms with E-state index in [1.54, 1.807) is 0 Å². The summed E-state index contributed by atoms with van der Waals surface area (Å²) < 4.78 is 0. The lowest BCUT2D eigenvalue weighted by Crippen LogP contribution is -2.04. The molecule has 0 radical (unpaired) electrons. The Morgan fingerprint density at radius 2 is 0.771 bits per heavy atom. The van der Waals surface area contributed by atoms with Crippen molar-refractivity contribution in [1.82, 2.24) is 0 Å². The lowest BCUT2D eigenvalue weighted by atomic mass is 9.92. The maximum Gasteiger partial charge on any atom is 0.155 e. The second kappa shape index (κ2) is 14.5. The van der Waals surface area contributed by atoms with Gasteiger partial charge in [0.25, 0.3) is 0 Å². The molecule has 0 atom stereocenters. The predicted molar refractivity (Wildman–Crippen MR) is 204 cm³/mol. The minimum Gasteiger partial charge on any atom is -0.261 e. The van der Waals surface area contributed by atoms with Crippen LogP contribution in [0, 0.1) is 0 Å². The third-order valence-corrected chi connectivity index (χ3v) is 8.52. The fourth-order valence-corrected chi connectivity index (χ4v) is 5.95. The molecular weight excluding hydrogens is 581 g/mol. The van der Waals surface area contributed by atoms with Crippen molar-refractivity contribution in [2.45, 2.75) is 13.5 Å². The van der Waals surface area contributed by atoms with Gasteiger partial charge in [0.1, 0.15) is 0 Å². The molecule has 2 nitrogen and oxygen atoms in total. The second-order valence-corrected chi connectivity index (χ2v) is 11.9. The standard InChI is InChI=1S/C46H36N2/c1-34(36-18-8-3-9-19-36)48-46(47-33-35-16-6-2-7-17-35)42-27-15-25-40(29-42)39-24-14-26-41(28-39)45-31-43(37-20-10-4-11-21-37)30-44(32-45)38-22-12-5-13-23-38/h2-32H,33H2,1H3. The van der Waals surface area contributed by atoms with Gasteiger partial charge in [-0.25, -0.2) is 4.99 Å². The van der Waals surface area contributed by atoms with Gasteiger partial charge in [-0.05, 0) is 92.9 Å². The first-order valence-corrected chi connectivity index (χ1v) is 16.4. The van der Waals surface area contributed by atoms with Crippen molar-refractivity contribution in [3.8, 4) is 44.5 Å². The summed E-state index contributed by atoms with van der Waals surface area (Å²) in [5.41, 5.74) is 13.6. The maximum atomic E-state index is 5.08. The molecule has 7 rings (SSSR count). The zero-order valence-electron chi connectivity index (χ0n) is 27.0. The van der Waals surface area contributed by atoms with Crippen molar-refractivity contribution in [3.05, 3.63) is 205 Å². The molecule has 0 aliphatic heterocycles. The smallest absolute Gasteiger partial charge is 0.155 e. The van der Waals surface area contributed by atoms with Crippen molar-refractivity contribution in [1.29, 1.82) is 0 Å². The highest BCUT2D eigenvalue weighted by atomic mass is 14.9. The van der Waals surface area contributed by atoms with E-state index in [1.165, 1.54) is 33.4 Å². The Balaban J connectivity index is 1.28. The molecule has 0 aromatic heterocycles. The summed E-state index contributed by atoms with van der Waals surface area (Å²) in [6.45, 7) is 2.61. The first kappa shape index (κ1) is 30.5. The van der Waals surface area contributed by atoms with E-state index in [4.69, 9.17) is 9.98 Å². The number of aliphatic imine (C=N–C) groups is 2. The molecule has 0 amide bonds. The van der Waals surface area contributed by atoms with Gasteiger partial charge in [0.15, 0.2) is 5.84 Å². The van der Waals surface area contributed by atoms with Crippen LogP contribution >= 0.6 is 0 Å². The zero-order valence-corrected chi connectivity index (χ0v) is 27.0. The van der Waals surface area contributed by atoms with E-state index in [9.17, 15) is 0 Å². The normalized spacial score (nSPS) is 11.8. The third kappa shape index (κ3) is 7.30. The van der Waals surface area contributed by atoms with Crippen LogP contribution in [-0.4, -0.2) is 11.5 Å². The van der Waals surface area contributed by atoms with Crippen molar-refractivity contribution >= 4 is 11.5 Å². The number of nitrogens with zero attached hydrogens (tertiary/aromatic N) is 2. The van der Waals surface area contributed by atoms with Crippen LogP contribution in [0.4, 0.5) is 0 Å². The van der Waals surface area contributed by atoms with Gasteiger partial charge in [-0.3, -0.25) is 4.99 Å². The third-order valence-electron chi connectivity index (χ3n) is 8.52. The summed E-state index contributed by atoms with van der Waals surface area (Å²) in [7, 11) is 0. The molecule has 7 aromatic rings. The summed E-state index contributed by atoms with van der Waals surface area (Å²) >= 11 is 0. The lowest BCUT2D eigenvalue weighted by Gasteiger charge is -2.13. The summed E-state index contributed by atoms with van der Waals surface area (Å²) in [5, 5.41) is 0. The molecule has 230 valence electrons. The Morgan fingerprint density at radius 1 is 0.375 bits per heavy atom. The van der Waals surface area contributed by atoms with Crippen LogP contribution in [0.2, 0.25) is 0 Å². The Kier molecular flexibility index (Phi) is 9.25. The van der Waals surface area contributed by atoms with Crippen LogP contribution in [0.5, 0.6) is 0 Å². The molecule has 7 aromatic carbocycles. The Hall–Kier alpha value is -6.12. The van der Waals surface area contributed by atoms with Crippen molar-refractivity contribution in [2.75, 3.05) is 0 Å². The summed E-state index contributed by atoms with van der Waals surface area (Å²) in [4.78, 5) is 10.1. The van der Waals surface area contributed by atoms with Crippen molar-refractivity contribution < 1.29 is 0 Å². The molecule has 0 aliphatic rings. The molecule has 48 heavy (non-hydrogen) atoms. The van der Waals surface area contributed by atoms with Crippen LogP contribution in [0.25, 0.3) is 44.5 Å². The van der Waals surface area contributed by atoms with Gasteiger partial charge in [0.05, 0.1) is 6.54 Å². The molecule has 0 spiro atoms. The first-order valence-electron chi connectivity index (χ1n) is 16.4.